The molecule has 30 heavy (non-hydrogen) atoms. The minimum Gasteiger partial charge on any atom is -0.385 e. The van der Waals surface area contributed by atoms with Crippen LogP contribution >= 0.6 is 24.0 Å². The molecule has 0 radical (unpaired) electrons. The Balaban J connectivity index is 0.00000450. The maximum Gasteiger partial charge on any atom is 0.191 e. The molecule has 0 aliphatic carbocycles. The summed E-state index contributed by atoms with van der Waals surface area (Å²) < 4.78 is 5.16. The number of hydrogen-bond acceptors (Lipinski definition) is 4. The molecule has 0 saturated carbocycles. The molecule has 1 aliphatic heterocycles. The van der Waals surface area contributed by atoms with Gasteiger partial charge in [0.15, 0.2) is 5.96 Å². The third-order valence-electron chi connectivity index (χ3n) is 5.58. The highest BCUT2D eigenvalue weighted by Gasteiger charge is 2.23. The van der Waals surface area contributed by atoms with E-state index in [-0.39, 0.29) is 29.5 Å². The van der Waals surface area contributed by atoms with Crippen molar-refractivity contribution in [3.05, 3.63) is 35.9 Å². The second kappa shape index (κ2) is 14.2. The van der Waals surface area contributed by atoms with E-state index in [1.165, 1.54) is 5.56 Å². The quantitative estimate of drug-likeness (QED) is 0.187. The third kappa shape index (κ3) is 9.94. The van der Waals surface area contributed by atoms with E-state index in [0.717, 1.165) is 58.0 Å². The summed E-state index contributed by atoms with van der Waals surface area (Å²) >= 11 is 0. The van der Waals surface area contributed by atoms with Gasteiger partial charge in [-0.15, -0.1) is 24.0 Å². The Morgan fingerprint density at radius 2 is 1.90 bits per heavy atom. The zero-order chi connectivity index (χ0) is 21.1. The number of aliphatic imine (C=N–C) groups is 1. The molecule has 1 saturated heterocycles. The standard InChI is InChI=1S/C23H41N5O.HI/c1-19(20-10-7-6-8-11-20)27-23(2,3)18-25-22(24-4)26-21-12-15-28(16-13-21)14-9-17-29-5;/h6-8,10-11,19,21,27H,9,12-18H2,1-5H3,(H2,24,25,26);1H. The minimum absolute atomic E-state index is 0. The van der Waals surface area contributed by atoms with E-state index < -0.39 is 0 Å². The first-order chi connectivity index (χ1) is 13.9. The fourth-order valence-corrected chi connectivity index (χ4v) is 3.89. The van der Waals surface area contributed by atoms with Crippen molar-refractivity contribution in [3.8, 4) is 0 Å². The van der Waals surface area contributed by atoms with E-state index in [0.29, 0.717) is 12.1 Å². The number of halogens is 1. The van der Waals surface area contributed by atoms with Gasteiger partial charge in [-0.25, -0.2) is 0 Å². The zero-order valence-electron chi connectivity index (χ0n) is 19.4. The number of rotatable bonds is 10. The number of hydrogen-bond donors (Lipinski definition) is 3. The zero-order valence-corrected chi connectivity index (χ0v) is 21.7. The van der Waals surface area contributed by atoms with Crippen molar-refractivity contribution in [3.63, 3.8) is 0 Å². The molecule has 1 heterocycles. The van der Waals surface area contributed by atoms with Crippen LogP contribution in [0.4, 0.5) is 0 Å². The van der Waals surface area contributed by atoms with Gasteiger partial charge >= 0.3 is 0 Å². The second-order valence-electron chi connectivity index (χ2n) is 8.69. The van der Waals surface area contributed by atoms with Crippen LogP contribution in [-0.2, 0) is 4.74 Å². The van der Waals surface area contributed by atoms with Crippen molar-refractivity contribution >= 4 is 29.9 Å². The van der Waals surface area contributed by atoms with E-state index in [1.807, 2.05) is 7.05 Å². The summed E-state index contributed by atoms with van der Waals surface area (Å²) in [6.07, 6.45) is 3.42. The number of likely N-dealkylation sites (tertiary alicyclic amines) is 1. The number of piperidine rings is 1. The van der Waals surface area contributed by atoms with E-state index in [1.54, 1.807) is 7.11 Å². The summed E-state index contributed by atoms with van der Waals surface area (Å²) in [7, 11) is 3.62. The molecule has 1 fully saturated rings. The first kappa shape index (κ1) is 27.1. The second-order valence-corrected chi connectivity index (χ2v) is 8.69. The molecule has 1 aromatic rings. The molecule has 1 aliphatic rings. The SMILES string of the molecule is CN=C(NCC(C)(C)NC(C)c1ccccc1)NC1CCN(CCCOC)CC1.I. The number of benzene rings is 1. The Morgan fingerprint density at radius 1 is 1.23 bits per heavy atom. The molecule has 1 atom stereocenters. The number of ether oxygens (including phenoxy) is 1. The molecule has 1 unspecified atom stereocenters. The van der Waals surface area contributed by atoms with Crippen molar-refractivity contribution in [2.45, 2.75) is 57.7 Å². The molecule has 6 nitrogen and oxygen atoms in total. The number of nitrogens with one attached hydrogen (secondary N) is 3. The summed E-state index contributed by atoms with van der Waals surface area (Å²) in [6, 6.07) is 11.4. The summed E-state index contributed by atoms with van der Waals surface area (Å²) in [5, 5.41) is 10.8. The summed E-state index contributed by atoms with van der Waals surface area (Å²) in [5.74, 6) is 0.894. The van der Waals surface area contributed by atoms with Crippen LogP contribution in [0.2, 0.25) is 0 Å². The van der Waals surface area contributed by atoms with Crippen LogP contribution in [0.15, 0.2) is 35.3 Å². The minimum atomic E-state index is -0.0579. The molecule has 3 N–H and O–H groups in total. The lowest BCUT2D eigenvalue weighted by Crippen LogP contribution is -2.54. The summed E-state index contributed by atoms with van der Waals surface area (Å²) in [5.41, 5.74) is 1.25. The van der Waals surface area contributed by atoms with Crippen molar-refractivity contribution < 1.29 is 4.74 Å². The van der Waals surface area contributed by atoms with Crippen LogP contribution < -0.4 is 16.0 Å². The number of guanidine groups is 1. The molecule has 0 amide bonds. The van der Waals surface area contributed by atoms with E-state index >= 15 is 0 Å². The molecule has 0 aromatic heterocycles. The van der Waals surface area contributed by atoms with Crippen LogP contribution in [0.25, 0.3) is 0 Å². The van der Waals surface area contributed by atoms with Gasteiger partial charge in [-0.3, -0.25) is 4.99 Å². The van der Waals surface area contributed by atoms with Gasteiger partial charge in [0.2, 0.25) is 0 Å². The van der Waals surface area contributed by atoms with Gasteiger partial charge in [-0.2, -0.15) is 0 Å². The predicted octanol–water partition coefficient (Wildman–Crippen LogP) is 3.40. The highest BCUT2D eigenvalue weighted by atomic mass is 127. The Morgan fingerprint density at radius 3 is 2.50 bits per heavy atom. The first-order valence-electron chi connectivity index (χ1n) is 10.9. The summed E-state index contributed by atoms with van der Waals surface area (Å²) in [6.45, 7) is 11.7. The lowest BCUT2D eigenvalue weighted by Gasteiger charge is -2.34. The molecule has 1 aromatic carbocycles. The summed E-state index contributed by atoms with van der Waals surface area (Å²) in [4.78, 5) is 6.97. The van der Waals surface area contributed by atoms with E-state index in [2.05, 4.69) is 76.9 Å². The Hall–Kier alpha value is -0.900. The van der Waals surface area contributed by atoms with Crippen molar-refractivity contribution in [2.75, 3.05) is 46.9 Å². The number of nitrogens with zero attached hydrogens (tertiary/aromatic N) is 2. The normalized spacial score (nSPS) is 17.3. The van der Waals surface area contributed by atoms with Crippen molar-refractivity contribution in [2.24, 2.45) is 4.99 Å². The first-order valence-corrected chi connectivity index (χ1v) is 10.9. The largest absolute Gasteiger partial charge is 0.385 e. The average Bonchev–Trinajstić information content (AvgIpc) is 2.72. The molecule has 172 valence electrons. The Labute approximate surface area is 200 Å². The van der Waals surface area contributed by atoms with Crippen LogP contribution in [-0.4, -0.2) is 69.4 Å². The van der Waals surface area contributed by atoms with Gasteiger partial charge < -0.3 is 25.6 Å². The van der Waals surface area contributed by atoms with Gasteiger partial charge in [0.05, 0.1) is 0 Å². The molecular weight excluding hydrogens is 489 g/mol. The van der Waals surface area contributed by atoms with Gasteiger partial charge in [0.25, 0.3) is 0 Å². The van der Waals surface area contributed by atoms with Crippen LogP contribution in [0.3, 0.4) is 0 Å². The molecule has 0 bridgehead atoms. The predicted molar refractivity (Wildman–Crippen MR) is 138 cm³/mol. The van der Waals surface area contributed by atoms with Gasteiger partial charge in [-0.1, -0.05) is 30.3 Å². The maximum atomic E-state index is 5.16. The fourth-order valence-electron chi connectivity index (χ4n) is 3.89. The molecule has 0 spiro atoms. The fraction of sp³-hybridized carbons (Fsp3) is 0.696. The lowest BCUT2D eigenvalue weighted by molar-refractivity contribution is 0.155. The maximum absolute atomic E-state index is 5.16. The van der Waals surface area contributed by atoms with E-state index in [4.69, 9.17) is 4.74 Å². The molecular formula is C23H42IN5O. The van der Waals surface area contributed by atoms with Crippen LogP contribution in [0, 0.1) is 0 Å². The highest BCUT2D eigenvalue weighted by molar-refractivity contribution is 14.0. The Bertz CT molecular complexity index is 603. The van der Waals surface area contributed by atoms with Gasteiger partial charge in [0.1, 0.15) is 0 Å². The van der Waals surface area contributed by atoms with Gasteiger partial charge in [0, 0.05) is 64.6 Å². The smallest absolute Gasteiger partial charge is 0.191 e. The monoisotopic (exact) mass is 531 g/mol. The van der Waals surface area contributed by atoms with Crippen molar-refractivity contribution in [1.29, 1.82) is 0 Å². The highest BCUT2D eigenvalue weighted by Crippen LogP contribution is 2.16. The third-order valence-corrected chi connectivity index (χ3v) is 5.58. The number of methoxy groups -OCH3 is 1. The average molecular weight is 532 g/mol. The Kier molecular flexibility index (Phi) is 12.9. The molecule has 7 heteroatoms. The van der Waals surface area contributed by atoms with Crippen LogP contribution in [0.1, 0.15) is 51.6 Å². The van der Waals surface area contributed by atoms with Crippen molar-refractivity contribution in [1.82, 2.24) is 20.9 Å². The van der Waals surface area contributed by atoms with Gasteiger partial charge in [-0.05, 0) is 45.6 Å². The topological polar surface area (TPSA) is 60.9 Å². The lowest BCUT2D eigenvalue weighted by atomic mass is 10.0. The van der Waals surface area contributed by atoms with Crippen LogP contribution in [0.5, 0.6) is 0 Å². The molecule has 2 rings (SSSR count). The van der Waals surface area contributed by atoms with E-state index in [9.17, 15) is 0 Å².